The molecule has 1 aromatic rings. The zero-order chi connectivity index (χ0) is 11.8. The number of benzene rings is 1. The molecule has 0 bridgehead atoms. The molecular formula is C10H8F3NO2. The Hall–Kier alpha value is -1.56. The Morgan fingerprint density at radius 1 is 1.25 bits per heavy atom. The number of carbonyl (C=O) groups is 1. The SMILES string of the molecule is O=C(OC(F)(F)F)c1ccc2c(c1)CNC2. The van der Waals surface area contributed by atoms with Crippen LogP contribution in [-0.2, 0) is 17.8 Å². The summed E-state index contributed by atoms with van der Waals surface area (Å²) in [5.41, 5.74) is 1.74. The maximum atomic E-state index is 11.8. The topological polar surface area (TPSA) is 38.3 Å². The first kappa shape index (κ1) is 10.9. The van der Waals surface area contributed by atoms with Crippen molar-refractivity contribution in [3.8, 4) is 0 Å². The highest BCUT2D eigenvalue weighted by molar-refractivity contribution is 5.89. The third-order valence-corrected chi connectivity index (χ3v) is 2.28. The van der Waals surface area contributed by atoms with E-state index in [-0.39, 0.29) is 5.56 Å². The van der Waals surface area contributed by atoms with Gasteiger partial charge in [0.1, 0.15) is 0 Å². The first-order chi connectivity index (χ1) is 7.46. The molecule has 1 aliphatic heterocycles. The molecular weight excluding hydrogens is 223 g/mol. The molecule has 0 unspecified atom stereocenters. The van der Waals surface area contributed by atoms with Crippen molar-refractivity contribution in [3.05, 3.63) is 34.9 Å². The highest BCUT2D eigenvalue weighted by Crippen LogP contribution is 2.21. The lowest BCUT2D eigenvalue weighted by Crippen LogP contribution is -2.19. The summed E-state index contributed by atoms with van der Waals surface area (Å²) in [7, 11) is 0. The van der Waals surface area contributed by atoms with Crippen molar-refractivity contribution in [1.82, 2.24) is 5.32 Å². The molecule has 0 amide bonds. The van der Waals surface area contributed by atoms with Gasteiger partial charge in [0.2, 0.25) is 0 Å². The van der Waals surface area contributed by atoms with Gasteiger partial charge in [-0.05, 0) is 23.3 Å². The number of esters is 1. The van der Waals surface area contributed by atoms with Crippen molar-refractivity contribution in [1.29, 1.82) is 0 Å². The summed E-state index contributed by atoms with van der Waals surface area (Å²) in [5.74, 6) is -1.37. The van der Waals surface area contributed by atoms with E-state index in [1.165, 1.54) is 12.1 Å². The van der Waals surface area contributed by atoms with Gasteiger partial charge in [0.25, 0.3) is 0 Å². The van der Waals surface area contributed by atoms with Crippen molar-refractivity contribution in [2.45, 2.75) is 19.5 Å². The molecule has 16 heavy (non-hydrogen) atoms. The molecule has 1 N–H and O–H groups in total. The van der Waals surface area contributed by atoms with Gasteiger partial charge in [-0.3, -0.25) is 0 Å². The zero-order valence-electron chi connectivity index (χ0n) is 8.10. The number of fused-ring (bicyclic) bond motifs is 1. The van der Waals surface area contributed by atoms with E-state index < -0.39 is 12.3 Å². The van der Waals surface area contributed by atoms with Gasteiger partial charge in [0.05, 0.1) is 5.56 Å². The fourth-order valence-electron chi connectivity index (χ4n) is 1.59. The quantitative estimate of drug-likeness (QED) is 0.751. The van der Waals surface area contributed by atoms with Crippen molar-refractivity contribution in [2.24, 2.45) is 0 Å². The summed E-state index contributed by atoms with van der Waals surface area (Å²) in [4.78, 5) is 11.1. The summed E-state index contributed by atoms with van der Waals surface area (Å²) in [6.45, 7) is 1.23. The Bertz CT molecular complexity index is 429. The molecule has 3 nitrogen and oxygen atoms in total. The largest absolute Gasteiger partial charge is 0.575 e. The summed E-state index contributed by atoms with van der Waals surface area (Å²) in [6, 6.07) is 4.38. The van der Waals surface area contributed by atoms with E-state index >= 15 is 0 Å². The molecule has 0 aliphatic carbocycles. The average Bonchev–Trinajstić information content (AvgIpc) is 2.61. The first-order valence-corrected chi connectivity index (χ1v) is 4.58. The van der Waals surface area contributed by atoms with Crippen LogP contribution in [0.3, 0.4) is 0 Å². The monoisotopic (exact) mass is 231 g/mol. The summed E-state index contributed by atoms with van der Waals surface area (Å²) in [6.07, 6.45) is -4.94. The number of hydrogen-bond donors (Lipinski definition) is 1. The molecule has 1 aromatic carbocycles. The van der Waals surface area contributed by atoms with Gasteiger partial charge in [-0.1, -0.05) is 6.07 Å². The Kier molecular flexibility index (Phi) is 2.59. The Balaban J connectivity index is 2.19. The van der Waals surface area contributed by atoms with Gasteiger partial charge in [-0.25, -0.2) is 4.79 Å². The zero-order valence-corrected chi connectivity index (χ0v) is 8.10. The number of nitrogens with one attached hydrogen (secondary N) is 1. The lowest BCUT2D eigenvalue weighted by Gasteiger charge is -2.07. The smallest absolute Gasteiger partial charge is 0.369 e. The second kappa shape index (κ2) is 3.79. The minimum absolute atomic E-state index is 0.0835. The predicted octanol–water partition coefficient (Wildman–Crippen LogP) is 1.97. The molecule has 0 aromatic heterocycles. The Labute approximate surface area is 89.2 Å². The molecule has 0 saturated carbocycles. The predicted molar refractivity (Wildman–Crippen MR) is 48.5 cm³/mol. The highest BCUT2D eigenvalue weighted by Gasteiger charge is 2.34. The average molecular weight is 231 g/mol. The van der Waals surface area contributed by atoms with E-state index in [0.717, 1.165) is 11.1 Å². The molecule has 0 atom stereocenters. The molecule has 0 radical (unpaired) electrons. The van der Waals surface area contributed by atoms with E-state index in [0.29, 0.717) is 13.1 Å². The molecule has 2 rings (SSSR count). The van der Waals surface area contributed by atoms with Crippen LogP contribution in [0.25, 0.3) is 0 Å². The van der Waals surface area contributed by atoms with E-state index in [1.54, 1.807) is 6.07 Å². The van der Waals surface area contributed by atoms with Crippen LogP contribution in [0, 0.1) is 0 Å². The third kappa shape index (κ3) is 2.33. The van der Waals surface area contributed by atoms with Crippen LogP contribution in [0.1, 0.15) is 21.5 Å². The van der Waals surface area contributed by atoms with Crippen LogP contribution >= 0.6 is 0 Å². The van der Waals surface area contributed by atoms with Crippen LogP contribution in [0.15, 0.2) is 18.2 Å². The fraction of sp³-hybridized carbons (Fsp3) is 0.300. The molecule has 1 heterocycles. The highest BCUT2D eigenvalue weighted by atomic mass is 19.4. The third-order valence-electron chi connectivity index (χ3n) is 2.28. The molecule has 1 aliphatic rings. The van der Waals surface area contributed by atoms with Crippen molar-refractivity contribution in [3.63, 3.8) is 0 Å². The van der Waals surface area contributed by atoms with Gasteiger partial charge >= 0.3 is 12.3 Å². The Morgan fingerprint density at radius 3 is 2.62 bits per heavy atom. The number of rotatable bonds is 1. The Morgan fingerprint density at radius 2 is 1.94 bits per heavy atom. The minimum Gasteiger partial charge on any atom is -0.369 e. The van der Waals surface area contributed by atoms with Gasteiger partial charge in [-0.15, -0.1) is 13.2 Å². The van der Waals surface area contributed by atoms with E-state index in [4.69, 9.17) is 0 Å². The molecule has 6 heteroatoms. The van der Waals surface area contributed by atoms with Gasteiger partial charge in [0, 0.05) is 13.1 Å². The standard InChI is InChI=1S/C10H8F3NO2/c11-10(12,13)16-9(15)6-1-2-7-4-14-5-8(7)3-6/h1-3,14H,4-5H2. The summed E-state index contributed by atoms with van der Waals surface area (Å²) >= 11 is 0. The number of hydrogen-bond acceptors (Lipinski definition) is 3. The number of alkyl halides is 3. The van der Waals surface area contributed by atoms with Gasteiger partial charge in [-0.2, -0.15) is 0 Å². The van der Waals surface area contributed by atoms with Crippen LogP contribution in [0.4, 0.5) is 13.2 Å². The van der Waals surface area contributed by atoms with Crippen molar-refractivity contribution < 1.29 is 22.7 Å². The summed E-state index contributed by atoms with van der Waals surface area (Å²) < 4.78 is 38.8. The molecule has 0 spiro atoms. The maximum absolute atomic E-state index is 11.8. The molecule has 86 valence electrons. The minimum atomic E-state index is -4.94. The number of carbonyl (C=O) groups excluding carboxylic acids is 1. The van der Waals surface area contributed by atoms with E-state index in [9.17, 15) is 18.0 Å². The number of halogens is 3. The van der Waals surface area contributed by atoms with Crippen LogP contribution in [0.2, 0.25) is 0 Å². The first-order valence-electron chi connectivity index (χ1n) is 4.58. The van der Waals surface area contributed by atoms with Gasteiger partial charge < -0.3 is 10.1 Å². The van der Waals surface area contributed by atoms with Crippen molar-refractivity contribution in [2.75, 3.05) is 0 Å². The van der Waals surface area contributed by atoms with E-state index in [2.05, 4.69) is 10.1 Å². The van der Waals surface area contributed by atoms with Crippen LogP contribution in [0.5, 0.6) is 0 Å². The fourth-order valence-corrected chi connectivity index (χ4v) is 1.59. The normalized spacial score (nSPS) is 14.7. The molecule has 0 saturated heterocycles. The van der Waals surface area contributed by atoms with Crippen LogP contribution < -0.4 is 5.32 Å². The summed E-state index contributed by atoms with van der Waals surface area (Å²) in [5, 5.41) is 3.03. The second-order valence-corrected chi connectivity index (χ2v) is 3.42. The number of ether oxygens (including phenoxy) is 1. The lowest BCUT2D eigenvalue weighted by atomic mass is 10.1. The second-order valence-electron chi connectivity index (χ2n) is 3.42. The maximum Gasteiger partial charge on any atom is 0.575 e. The van der Waals surface area contributed by atoms with Crippen molar-refractivity contribution >= 4 is 5.97 Å². The van der Waals surface area contributed by atoms with Gasteiger partial charge in [0.15, 0.2) is 0 Å². The lowest BCUT2D eigenvalue weighted by molar-refractivity contribution is -0.291. The van der Waals surface area contributed by atoms with Crippen LogP contribution in [-0.4, -0.2) is 12.3 Å². The van der Waals surface area contributed by atoms with E-state index in [1.807, 2.05) is 0 Å². The molecule has 0 fully saturated rings.